The summed E-state index contributed by atoms with van der Waals surface area (Å²) in [4.78, 5) is 0. The van der Waals surface area contributed by atoms with E-state index in [2.05, 4.69) is 41.7 Å². The number of halogens is 3. The Kier molecular flexibility index (Phi) is 5.41. The molecule has 3 aromatic carbocycles. The van der Waals surface area contributed by atoms with E-state index in [1.807, 2.05) is 30.3 Å². The van der Waals surface area contributed by atoms with E-state index in [0.717, 1.165) is 34.5 Å². The maximum atomic E-state index is 6.60. The van der Waals surface area contributed by atoms with Crippen molar-refractivity contribution in [1.82, 2.24) is 0 Å². The Labute approximate surface area is 191 Å². The molecule has 5 rings (SSSR count). The maximum Gasteiger partial charge on any atom is 0.125 e. The van der Waals surface area contributed by atoms with Crippen molar-refractivity contribution < 1.29 is 4.74 Å². The zero-order valence-corrected chi connectivity index (χ0v) is 18.4. The van der Waals surface area contributed by atoms with Gasteiger partial charge in [-0.3, -0.25) is 0 Å². The van der Waals surface area contributed by atoms with Crippen molar-refractivity contribution in [2.75, 3.05) is 5.32 Å². The highest BCUT2D eigenvalue weighted by molar-refractivity contribution is 6.44. The van der Waals surface area contributed by atoms with Gasteiger partial charge in [0.1, 0.15) is 12.4 Å². The topological polar surface area (TPSA) is 21.3 Å². The van der Waals surface area contributed by atoms with Crippen molar-refractivity contribution in [3.8, 4) is 5.75 Å². The number of rotatable bonds is 4. The molecule has 0 bridgehead atoms. The van der Waals surface area contributed by atoms with Crippen LogP contribution in [-0.2, 0) is 6.61 Å². The summed E-state index contributed by atoms with van der Waals surface area (Å²) >= 11 is 19.5. The van der Waals surface area contributed by atoms with E-state index in [1.165, 1.54) is 0 Å². The predicted molar refractivity (Wildman–Crippen MR) is 125 cm³/mol. The van der Waals surface area contributed by atoms with E-state index in [-0.39, 0.29) is 12.0 Å². The third-order valence-corrected chi connectivity index (χ3v) is 7.07. The minimum Gasteiger partial charge on any atom is -0.489 e. The van der Waals surface area contributed by atoms with Crippen molar-refractivity contribution in [3.63, 3.8) is 0 Å². The first-order chi connectivity index (χ1) is 14.6. The molecule has 0 fully saturated rings. The quantitative estimate of drug-likeness (QED) is 0.317. The van der Waals surface area contributed by atoms with Gasteiger partial charge in [-0.1, -0.05) is 95.5 Å². The molecule has 2 nitrogen and oxygen atoms in total. The summed E-state index contributed by atoms with van der Waals surface area (Å²) in [5.74, 6) is 1.35. The number of hydrogen-bond acceptors (Lipinski definition) is 2. The first-order valence-corrected chi connectivity index (χ1v) is 11.1. The van der Waals surface area contributed by atoms with E-state index in [0.29, 0.717) is 27.6 Å². The minimum absolute atomic E-state index is 0.0548. The summed E-state index contributed by atoms with van der Waals surface area (Å²) in [6.45, 7) is 0.524. The number of ether oxygens (including phenoxy) is 1. The fourth-order valence-corrected chi connectivity index (χ4v) is 5.38. The molecule has 152 valence electrons. The molecule has 0 spiro atoms. The SMILES string of the molecule is Clc1cc(Cl)c2c(c1Cl)C1C=CCC1C(c1ccccc1OCc1ccccc1)N2. The second kappa shape index (κ2) is 8.19. The summed E-state index contributed by atoms with van der Waals surface area (Å²) in [5, 5.41) is 5.33. The minimum atomic E-state index is 0.0548. The van der Waals surface area contributed by atoms with Gasteiger partial charge >= 0.3 is 0 Å². The summed E-state index contributed by atoms with van der Waals surface area (Å²) < 4.78 is 6.25. The van der Waals surface area contributed by atoms with Crippen LogP contribution in [0.15, 0.2) is 72.8 Å². The number of nitrogens with one attached hydrogen (secondary N) is 1. The molecule has 0 amide bonds. The third kappa shape index (κ3) is 3.47. The predicted octanol–water partition coefficient (Wildman–Crippen LogP) is 8.05. The number of fused-ring (bicyclic) bond motifs is 3. The Morgan fingerprint density at radius 1 is 0.933 bits per heavy atom. The van der Waals surface area contributed by atoms with Crippen LogP contribution in [0.3, 0.4) is 0 Å². The van der Waals surface area contributed by atoms with Crippen molar-refractivity contribution >= 4 is 40.5 Å². The molecular weight excluding hydrogens is 437 g/mol. The van der Waals surface area contributed by atoms with Gasteiger partial charge < -0.3 is 10.1 Å². The Hall–Kier alpha value is -2.13. The van der Waals surface area contributed by atoms with Crippen LogP contribution in [0, 0.1) is 5.92 Å². The molecule has 2 aliphatic rings. The number of para-hydroxylation sites is 1. The highest BCUT2D eigenvalue weighted by Crippen LogP contribution is 2.55. The number of allylic oxidation sites excluding steroid dienone is 2. The van der Waals surface area contributed by atoms with E-state index < -0.39 is 0 Å². The molecule has 3 atom stereocenters. The lowest BCUT2D eigenvalue weighted by molar-refractivity contribution is 0.296. The van der Waals surface area contributed by atoms with Gasteiger partial charge in [-0.05, 0) is 30.0 Å². The molecule has 0 saturated heterocycles. The Morgan fingerprint density at radius 3 is 2.53 bits per heavy atom. The molecule has 1 aliphatic carbocycles. The summed E-state index contributed by atoms with van der Waals surface area (Å²) in [6.07, 6.45) is 5.40. The Balaban J connectivity index is 1.52. The molecule has 30 heavy (non-hydrogen) atoms. The van der Waals surface area contributed by atoms with Gasteiger partial charge in [0.2, 0.25) is 0 Å². The van der Waals surface area contributed by atoms with Crippen LogP contribution in [-0.4, -0.2) is 0 Å². The average molecular weight is 457 g/mol. The Morgan fingerprint density at radius 2 is 1.70 bits per heavy atom. The lowest BCUT2D eigenvalue weighted by Crippen LogP contribution is -2.30. The van der Waals surface area contributed by atoms with Gasteiger partial charge in [0.25, 0.3) is 0 Å². The molecule has 1 heterocycles. The lowest BCUT2D eigenvalue weighted by atomic mass is 9.76. The van der Waals surface area contributed by atoms with Crippen molar-refractivity contribution in [1.29, 1.82) is 0 Å². The van der Waals surface area contributed by atoms with E-state index in [9.17, 15) is 0 Å². The second-order valence-corrected chi connectivity index (χ2v) is 8.92. The molecule has 0 aromatic heterocycles. The second-order valence-electron chi connectivity index (χ2n) is 7.73. The van der Waals surface area contributed by atoms with Gasteiger partial charge in [-0.25, -0.2) is 0 Å². The summed E-state index contributed by atoms with van der Waals surface area (Å²) in [5.41, 5.74) is 4.12. The smallest absolute Gasteiger partial charge is 0.125 e. The monoisotopic (exact) mass is 455 g/mol. The molecular formula is C25H20Cl3NO. The van der Waals surface area contributed by atoms with Gasteiger partial charge in [0, 0.05) is 17.0 Å². The summed E-state index contributed by atoms with van der Waals surface area (Å²) in [7, 11) is 0. The molecule has 3 unspecified atom stereocenters. The van der Waals surface area contributed by atoms with Crippen LogP contribution in [0.1, 0.15) is 35.1 Å². The van der Waals surface area contributed by atoms with E-state index in [4.69, 9.17) is 39.5 Å². The fourth-order valence-electron chi connectivity index (χ4n) is 4.57. The zero-order valence-electron chi connectivity index (χ0n) is 16.1. The lowest BCUT2D eigenvalue weighted by Gasteiger charge is -2.39. The zero-order chi connectivity index (χ0) is 20.7. The average Bonchev–Trinajstić information content (AvgIpc) is 3.26. The number of anilines is 1. The van der Waals surface area contributed by atoms with Crippen LogP contribution in [0.25, 0.3) is 0 Å². The Bertz CT molecular complexity index is 1110. The van der Waals surface area contributed by atoms with Crippen LogP contribution in [0.4, 0.5) is 5.69 Å². The summed E-state index contributed by atoms with van der Waals surface area (Å²) in [6, 6.07) is 20.2. The molecule has 1 N–H and O–H groups in total. The van der Waals surface area contributed by atoms with Crippen LogP contribution < -0.4 is 10.1 Å². The maximum absolute atomic E-state index is 6.60. The van der Waals surface area contributed by atoms with Crippen molar-refractivity contribution in [3.05, 3.63) is 105 Å². The molecule has 0 saturated carbocycles. The molecule has 3 aromatic rings. The van der Waals surface area contributed by atoms with Crippen molar-refractivity contribution in [2.24, 2.45) is 5.92 Å². The van der Waals surface area contributed by atoms with E-state index >= 15 is 0 Å². The molecule has 1 aliphatic heterocycles. The van der Waals surface area contributed by atoms with Gasteiger partial charge in [-0.2, -0.15) is 0 Å². The van der Waals surface area contributed by atoms with Crippen LogP contribution in [0.5, 0.6) is 5.75 Å². The van der Waals surface area contributed by atoms with Crippen LogP contribution >= 0.6 is 34.8 Å². The first kappa shape index (κ1) is 19.8. The number of benzene rings is 3. The standard InChI is InChI=1S/C25H20Cl3NO/c26-19-13-20(27)25-22(23(19)28)16-10-6-11-17(16)24(29-25)18-9-4-5-12-21(18)30-14-15-7-2-1-3-8-15/h1-10,12-13,16-17,24,29H,11,14H2. The van der Waals surface area contributed by atoms with Crippen molar-refractivity contribution in [2.45, 2.75) is 25.0 Å². The first-order valence-electron chi connectivity index (χ1n) is 9.99. The third-order valence-electron chi connectivity index (χ3n) is 5.97. The number of hydrogen-bond donors (Lipinski definition) is 1. The molecule has 5 heteroatoms. The van der Waals surface area contributed by atoms with Crippen LogP contribution in [0.2, 0.25) is 15.1 Å². The fraction of sp³-hybridized carbons (Fsp3) is 0.200. The largest absolute Gasteiger partial charge is 0.489 e. The van der Waals surface area contributed by atoms with Gasteiger partial charge in [-0.15, -0.1) is 0 Å². The van der Waals surface area contributed by atoms with E-state index in [1.54, 1.807) is 6.07 Å². The normalized spacial score (nSPS) is 21.6. The van der Waals surface area contributed by atoms with Gasteiger partial charge in [0.15, 0.2) is 0 Å². The molecule has 0 radical (unpaired) electrons. The van der Waals surface area contributed by atoms with Gasteiger partial charge in [0.05, 0.1) is 26.8 Å². The highest BCUT2D eigenvalue weighted by Gasteiger charge is 2.41. The highest BCUT2D eigenvalue weighted by atomic mass is 35.5.